The molecule has 0 bridgehead atoms. The average molecular weight is 379 g/mol. The van der Waals surface area contributed by atoms with Gasteiger partial charge in [0.2, 0.25) is 0 Å². The van der Waals surface area contributed by atoms with Gasteiger partial charge in [-0.2, -0.15) is 0 Å². The minimum Gasteiger partial charge on any atom is -0.494 e. The maximum Gasteiger partial charge on any atom is 0.411 e. The predicted octanol–water partition coefficient (Wildman–Crippen LogP) is 5.19. The number of nitrogen functional groups attached to an aromatic ring is 1. The quantitative estimate of drug-likeness (QED) is 0.639. The molecule has 0 radical (unpaired) electrons. The topological polar surface area (TPSA) is 78.5 Å². The number of fused-ring (bicyclic) bond motifs is 1. The standard InChI is InChI=1S/C22H25N3O3/c1-3-28-17-11-12-18-19(13-17)25(16-5-4-6-16)21(20(18)23)14-7-9-15(10-8-14)24-22(26)27-2/h7-13,16H,3-6,23H2,1-2H3,(H,24,26). The zero-order valence-corrected chi connectivity index (χ0v) is 16.2. The molecule has 1 aliphatic rings. The Morgan fingerprint density at radius 2 is 1.96 bits per heavy atom. The van der Waals surface area contributed by atoms with E-state index in [0.29, 0.717) is 18.3 Å². The van der Waals surface area contributed by atoms with Crippen LogP contribution in [0.4, 0.5) is 16.2 Å². The summed E-state index contributed by atoms with van der Waals surface area (Å²) in [6.07, 6.45) is 3.05. The zero-order valence-electron chi connectivity index (χ0n) is 16.2. The molecule has 1 heterocycles. The van der Waals surface area contributed by atoms with E-state index >= 15 is 0 Å². The van der Waals surface area contributed by atoms with Gasteiger partial charge in [-0.15, -0.1) is 0 Å². The Bertz CT molecular complexity index is 1000. The summed E-state index contributed by atoms with van der Waals surface area (Å²) in [6.45, 7) is 2.62. The third kappa shape index (κ3) is 3.15. The predicted molar refractivity (Wildman–Crippen MR) is 112 cm³/mol. The number of methoxy groups -OCH3 is 1. The number of nitrogens with two attached hydrogens (primary N) is 1. The highest BCUT2D eigenvalue weighted by Gasteiger charge is 2.27. The number of benzene rings is 2. The lowest BCUT2D eigenvalue weighted by Gasteiger charge is -2.30. The average Bonchev–Trinajstić information content (AvgIpc) is 2.93. The van der Waals surface area contributed by atoms with Gasteiger partial charge in [-0.05, 0) is 50.5 Å². The molecule has 0 spiro atoms. The van der Waals surface area contributed by atoms with Gasteiger partial charge in [0, 0.05) is 28.7 Å². The van der Waals surface area contributed by atoms with Crippen molar-refractivity contribution in [3.63, 3.8) is 0 Å². The number of nitrogens with zero attached hydrogens (tertiary/aromatic N) is 1. The first-order valence-electron chi connectivity index (χ1n) is 9.64. The van der Waals surface area contributed by atoms with E-state index in [-0.39, 0.29) is 0 Å². The Hall–Kier alpha value is -3.15. The highest BCUT2D eigenvalue weighted by atomic mass is 16.5. The molecular weight excluding hydrogens is 354 g/mol. The van der Waals surface area contributed by atoms with Crippen LogP contribution in [0.15, 0.2) is 42.5 Å². The maximum atomic E-state index is 11.4. The number of amides is 1. The third-order valence-corrected chi connectivity index (χ3v) is 5.36. The molecule has 1 saturated carbocycles. The molecule has 2 aromatic carbocycles. The van der Waals surface area contributed by atoms with Crippen molar-refractivity contribution in [2.24, 2.45) is 0 Å². The molecule has 6 nitrogen and oxygen atoms in total. The lowest BCUT2D eigenvalue weighted by Crippen LogP contribution is -2.18. The van der Waals surface area contributed by atoms with Crippen molar-refractivity contribution in [1.82, 2.24) is 4.57 Å². The van der Waals surface area contributed by atoms with Crippen LogP contribution in [0.5, 0.6) is 5.75 Å². The summed E-state index contributed by atoms with van der Waals surface area (Å²) in [5, 5.41) is 3.72. The summed E-state index contributed by atoms with van der Waals surface area (Å²) in [4.78, 5) is 11.4. The van der Waals surface area contributed by atoms with Crippen molar-refractivity contribution in [3.8, 4) is 17.0 Å². The first-order chi connectivity index (χ1) is 13.6. The molecule has 0 atom stereocenters. The van der Waals surface area contributed by atoms with Crippen LogP contribution >= 0.6 is 0 Å². The Balaban J connectivity index is 1.81. The number of anilines is 2. The summed E-state index contributed by atoms with van der Waals surface area (Å²) in [5.74, 6) is 0.859. The van der Waals surface area contributed by atoms with Crippen molar-refractivity contribution in [2.75, 3.05) is 24.8 Å². The fourth-order valence-corrected chi connectivity index (χ4v) is 3.77. The minimum absolute atomic E-state index is 0.444. The molecule has 1 aliphatic carbocycles. The second-order valence-corrected chi connectivity index (χ2v) is 7.02. The van der Waals surface area contributed by atoms with Gasteiger partial charge in [0.05, 0.1) is 30.6 Å². The molecule has 1 amide bonds. The van der Waals surface area contributed by atoms with Crippen LogP contribution in [-0.2, 0) is 4.74 Å². The van der Waals surface area contributed by atoms with Crippen LogP contribution in [0.1, 0.15) is 32.2 Å². The van der Waals surface area contributed by atoms with Gasteiger partial charge < -0.3 is 19.8 Å². The van der Waals surface area contributed by atoms with Gasteiger partial charge in [0.1, 0.15) is 5.75 Å². The Kier molecular flexibility index (Phi) is 4.86. The van der Waals surface area contributed by atoms with Crippen molar-refractivity contribution >= 4 is 28.4 Å². The summed E-state index contributed by atoms with van der Waals surface area (Å²) < 4.78 is 12.7. The smallest absolute Gasteiger partial charge is 0.411 e. The summed E-state index contributed by atoms with van der Waals surface area (Å²) in [6, 6.07) is 14.2. The molecule has 4 rings (SSSR count). The third-order valence-electron chi connectivity index (χ3n) is 5.36. The largest absolute Gasteiger partial charge is 0.494 e. The molecule has 28 heavy (non-hydrogen) atoms. The van der Waals surface area contributed by atoms with Crippen LogP contribution in [0.3, 0.4) is 0 Å². The van der Waals surface area contributed by atoms with Gasteiger partial charge in [-0.25, -0.2) is 4.79 Å². The van der Waals surface area contributed by atoms with Crippen LogP contribution in [0, 0.1) is 0 Å². The van der Waals surface area contributed by atoms with Crippen molar-refractivity contribution in [2.45, 2.75) is 32.2 Å². The number of hydrogen-bond acceptors (Lipinski definition) is 4. The van der Waals surface area contributed by atoms with E-state index in [1.165, 1.54) is 13.5 Å². The van der Waals surface area contributed by atoms with Crippen LogP contribution < -0.4 is 15.8 Å². The molecule has 3 aromatic rings. The first-order valence-corrected chi connectivity index (χ1v) is 9.64. The Morgan fingerprint density at radius 3 is 2.57 bits per heavy atom. The van der Waals surface area contributed by atoms with Gasteiger partial charge in [-0.3, -0.25) is 5.32 Å². The van der Waals surface area contributed by atoms with E-state index in [1.807, 2.05) is 43.3 Å². The molecule has 146 valence electrons. The molecular formula is C22H25N3O3. The van der Waals surface area contributed by atoms with Gasteiger partial charge >= 0.3 is 6.09 Å². The number of ether oxygens (including phenoxy) is 2. The van der Waals surface area contributed by atoms with Gasteiger partial charge in [-0.1, -0.05) is 12.1 Å². The number of aromatic nitrogens is 1. The number of carbonyl (C=O) groups is 1. The number of carbonyl (C=O) groups excluding carboxylic acids is 1. The second kappa shape index (κ2) is 7.46. The summed E-state index contributed by atoms with van der Waals surface area (Å²) in [5.41, 5.74) is 11.2. The maximum absolute atomic E-state index is 11.4. The second-order valence-electron chi connectivity index (χ2n) is 7.02. The van der Waals surface area contributed by atoms with Gasteiger partial charge in [0.25, 0.3) is 0 Å². The Labute approximate surface area is 164 Å². The van der Waals surface area contributed by atoms with E-state index in [1.54, 1.807) is 0 Å². The van der Waals surface area contributed by atoms with E-state index in [2.05, 4.69) is 20.7 Å². The normalized spacial score (nSPS) is 13.9. The number of hydrogen-bond donors (Lipinski definition) is 2. The van der Waals surface area contributed by atoms with Gasteiger partial charge in [0.15, 0.2) is 0 Å². The van der Waals surface area contributed by atoms with E-state index < -0.39 is 6.09 Å². The van der Waals surface area contributed by atoms with E-state index in [9.17, 15) is 4.79 Å². The molecule has 0 saturated heterocycles. The van der Waals surface area contributed by atoms with Crippen LogP contribution in [-0.4, -0.2) is 24.4 Å². The lowest BCUT2D eigenvalue weighted by molar-refractivity contribution is 0.187. The van der Waals surface area contributed by atoms with Crippen molar-refractivity contribution < 1.29 is 14.3 Å². The number of rotatable bonds is 5. The molecule has 3 N–H and O–H groups in total. The highest BCUT2D eigenvalue weighted by Crippen LogP contribution is 2.44. The van der Waals surface area contributed by atoms with E-state index in [0.717, 1.165) is 46.4 Å². The van der Waals surface area contributed by atoms with Crippen LogP contribution in [0.25, 0.3) is 22.2 Å². The monoisotopic (exact) mass is 379 g/mol. The van der Waals surface area contributed by atoms with Crippen molar-refractivity contribution in [1.29, 1.82) is 0 Å². The molecule has 1 aromatic heterocycles. The SMILES string of the molecule is CCOc1ccc2c(N)c(-c3ccc(NC(=O)OC)cc3)n(C3CCC3)c2c1. The molecule has 0 aliphatic heterocycles. The molecule has 1 fully saturated rings. The summed E-state index contributed by atoms with van der Waals surface area (Å²) >= 11 is 0. The summed E-state index contributed by atoms with van der Waals surface area (Å²) in [7, 11) is 1.35. The fourth-order valence-electron chi connectivity index (χ4n) is 3.77. The highest BCUT2D eigenvalue weighted by molar-refractivity contribution is 6.01. The zero-order chi connectivity index (χ0) is 19.7. The fraction of sp³-hybridized carbons (Fsp3) is 0.318. The van der Waals surface area contributed by atoms with Crippen LogP contribution in [0.2, 0.25) is 0 Å². The van der Waals surface area contributed by atoms with Crippen molar-refractivity contribution in [3.05, 3.63) is 42.5 Å². The lowest BCUT2D eigenvalue weighted by atomic mass is 9.92. The Morgan fingerprint density at radius 1 is 1.21 bits per heavy atom. The van der Waals surface area contributed by atoms with E-state index in [4.69, 9.17) is 10.5 Å². The first kappa shape index (κ1) is 18.2. The minimum atomic E-state index is -0.487. The number of nitrogens with one attached hydrogen (secondary N) is 1. The molecule has 6 heteroatoms. The molecule has 0 unspecified atom stereocenters.